The molecule has 8 heteroatoms. The number of hydrogen-bond donors (Lipinski definition) is 2. The molecule has 0 radical (unpaired) electrons. The number of alkyl halides is 3. The Hall–Kier alpha value is -3.29. The van der Waals surface area contributed by atoms with Crippen molar-refractivity contribution in [2.45, 2.75) is 6.18 Å². The monoisotopic (exact) mass is 347 g/mol. The van der Waals surface area contributed by atoms with E-state index in [1.54, 1.807) is 30.5 Å². The van der Waals surface area contributed by atoms with Gasteiger partial charge < -0.3 is 10.3 Å². The lowest BCUT2D eigenvalue weighted by Gasteiger charge is -2.10. The number of nitrogens with zero attached hydrogens (tertiary/aromatic N) is 1. The lowest BCUT2D eigenvalue weighted by Crippen LogP contribution is -2.15. The number of amides is 1. The molecule has 0 unspecified atom stereocenters. The van der Waals surface area contributed by atoms with Crippen molar-refractivity contribution >= 4 is 11.6 Å². The van der Waals surface area contributed by atoms with E-state index in [-0.39, 0.29) is 11.3 Å². The molecule has 2 N–H and O–H groups in total. The number of imidazole rings is 1. The van der Waals surface area contributed by atoms with Gasteiger partial charge in [0.05, 0.1) is 11.3 Å². The average molecular weight is 347 g/mol. The van der Waals surface area contributed by atoms with Crippen molar-refractivity contribution in [2.24, 2.45) is 0 Å². The fourth-order valence-electron chi connectivity index (χ4n) is 2.27. The highest BCUT2D eigenvalue weighted by molar-refractivity contribution is 6.04. The molecule has 3 rings (SSSR count). The summed E-state index contributed by atoms with van der Waals surface area (Å²) >= 11 is 0. The van der Waals surface area contributed by atoms with Gasteiger partial charge in [0, 0.05) is 23.6 Å². The van der Waals surface area contributed by atoms with Crippen LogP contribution in [-0.2, 0) is 6.18 Å². The van der Waals surface area contributed by atoms with E-state index in [0.717, 1.165) is 12.1 Å². The molecule has 0 bridgehead atoms. The molecule has 0 aliphatic heterocycles. The van der Waals surface area contributed by atoms with E-state index in [9.17, 15) is 22.8 Å². The Labute approximate surface area is 139 Å². The number of benzene rings is 2. The maximum Gasteiger partial charge on any atom is 0.416 e. The van der Waals surface area contributed by atoms with Gasteiger partial charge in [0.1, 0.15) is 0 Å². The van der Waals surface area contributed by atoms with Crippen LogP contribution in [0.2, 0.25) is 0 Å². The first-order valence-corrected chi connectivity index (χ1v) is 7.20. The predicted molar refractivity (Wildman–Crippen MR) is 85.8 cm³/mol. The minimum Gasteiger partial charge on any atom is -0.322 e. The van der Waals surface area contributed by atoms with Crippen LogP contribution >= 0.6 is 0 Å². The first-order valence-electron chi connectivity index (χ1n) is 7.20. The zero-order valence-corrected chi connectivity index (χ0v) is 12.7. The standard InChI is InChI=1S/C17H12F3N3O2/c18-17(19,20)12-3-1-2-11(10-12)15(24)22-13-4-6-14(7-5-13)23-9-8-21-16(23)25/h1-10H,(H,21,25)(H,22,24). The normalized spacial score (nSPS) is 11.3. The van der Waals surface area contributed by atoms with Crippen LogP contribution in [0, 0.1) is 0 Å². The van der Waals surface area contributed by atoms with E-state index in [1.807, 2.05) is 0 Å². The number of halogens is 3. The first-order chi connectivity index (χ1) is 11.8. The van der Waals surface area contributed by atoms with Crippen LogP contribution in [0.5, 0.6) is 0 Å². The Morgan fingerprint density at radius 1 is 1.08 bits per heavy atom. The van der Waals surface area contributed by atoms with Crippen molar-refractivity contribution in [2.75, 3.05) is 5.32 Å². The fraction of sp³-hybridized carbons (Fsp3) is 0.0588. The van der Waals surface area contributed by atoms with E-state index in [2.05, 4.69) is 10.3 Å². The summed E-state index contributed by atoms with van der Waals surface area (Å²) in [5, 5.41) is 2.52. The van der Waals surface area contributed by atoms with Crippen LogP contribution in [0.3, 0.4) is 0 Å². The second-order valence-corrected chi connectivity index (χ2v) is 5.21. The maximum absolute atomic E-state index is 12.7. The van der Waals surface area contributed by atoms with Crippen molar-refractivity contribution in [1.29, 1.82) is 0 Å². The molecule has 0 aliphatic rings. The molecule has 1 amide bonds. The number of aromatic amines is 1. The molecule has 0 saturated carbocycles. The van der Waals surface area contributed by atoms with Crippen LogP contribution in [-0.4, -0.2) is 15.5 Å². The van der Waals surface area contributed by atoms with Crippen LogP contribution in [0.4, 0.5) is 18.9 Å². The first kappa shape index (κ1) is 16.6. The van der Waals surface area contributed by atoms with Gasteiger partial charge in [-0.25, -0.2) is 4.79 Å². The molecule has 128 valence electrons. The van der Waals surface area contributed by atoms with Crippen molar-refractivity contribution in [1.82, 2.24) is 9.55 Å². The van der Waals surface area contributed by atoms with Crippen molar-refractivity contribution < 1.29 is 18.0 Å². The van der Waals surface area contributed by atoms with Gasteiger partial charge in [0.25, 0.3) is 5.91 Å². The van der Waals surface area contributed by atoms with Crippen molar-refractivity contribution in [3.63, 3.8) is 0 Å². The molecule has 0 spiro atoms. The molecular weight excluding hydrogens is 335 g/mol. The summed E-state index contributed by atoms with van der Waals surface area (Å²) in [5.74, 6) is -0.655. The van der Waals surface area contributed by atoms with Crippen molar-refractivity contribution in [3.05, 3.63) is 82.5 Å². The molecule has 3 aromatic rings. The fourth-order valence-corrected chi connectivity index (χ4v) is 2.27. The third kappa shape index (κ3) is 3.63. The second kappa shape index (κ2) is 6.31. The number of rotatable bonds is 3. The minimum atomic E-state index is -4.51. The van der Waals surface area contributed by atoms with E-state index in [1.165, 1.54) is 22.9 Å². The number of aromatic nitrogens is 2. The van der Waals surface area contributed by atoms with Crippen molar-refractivity contribution in [3.8, 4) is 5.69 Å². The topological polar surface area (TPSA) is 66.9 Å². The minimum absolute atomic E-state index is 0.0965. The molecule has 0 aliphatic carbocycles. The zero-order chi connectivity index (χ0) is 18.0. The Morgan fingerprint density at radius 3 is 2.40 bits per heavy atom. The molecule has 2 aromatic carbocycles. The summed E-state index contributed by atoms with van der Waals surface area (Å²) in [4.78, 5) is 26.1. The summed E-state index contributed by atoms with van der Waals surface area (Å²) in [6.45, 7) is 0. The number of anilines is 1. The van der Waals surface area contributed by atoms with E-state index >= 15 is 0 Å². The summed E-state index contributed by atoms with van der Waals surface area (Å²) in [6.07, 6.45) is -1.47. The molecule has 0 saturated heterocycles. The van der Waals surface area contributed by atoms with Crippen LogP contribution in [0.15, 0.2) is 65.7 Å². The second-order valence-electron chi connectivity index (χ2n) is 5.21. The summed E-state index contributed by atoms with van der Waals surface area (Å²) in [5.41, 5.74) is -0.304. The SMILES string of the molecule is O=C(Nc1ccc(-n2cc[nH]c2=O)cc1)c1cccc(C(F)(F)F)c1. The number of nitrogens with one attached hydrogen (secondary N) is 2. The number of hydrogen-bond acceptors (Lipinski definition) is 2. The number of carbonyl (C=O) groups excluding carboxylic acids is 1. The molecular formula is C17H12F3N3O2. The highest BCUT2D eigenvalue weighted by Crippen LogP contribution is 2.29. The maximum atomic E-state index is 12.7. The third-order valence-corrected chi connectivity index (χ3v) is 3.50. The highest BCUT2D eigenvalue weighted by atomic mass is 19.4. The predicted octanol–water partition coefficient (Wildman–Crippen LogP) is 3.44. The largest absolute Gasteiger partial charge is 0.416 e. The van der Waals surface area contributed by atoms with Gasteiger partial charge in [-0.05, 0) is 42.5 Å². The smallest absolute Gasteiger partial charge is 0.322 e. The van der Waals surface area contributed by atoms with Crippen LogP contribution < -0.4 is 11.0 Å². The van der Waals surface area contributed by atoms with Gasteiger partial charge in [0.15, 0.2) is 0 Å². The zero-order valence-electron chi connectivity index (χ0n) is 12.7. The molecule has 0 fully saturated rings. The number of H-pyrrole nitrogens is 1. The quantitative estimate of drug-likeness (QED) is 0.762. The molecule has 1 heterocycles. The Kier molecular flexibility index (Phi) is 4.18. The summed E-state index contributed by atoms with van der Waals surface area (Å²) in [7, 11) is 0. The summed E-state index contributed by atoms with van der Waals surface area (Å²) < 4.78 is 39.5. The molecule has 0 atom stereocenters. The number of carbonyl (C=O) groups is 1. The van der Waals surface area contributed by atoms with Gasteiger partial charge in [-0.1, -0.05) is 6.07 Å². The molecule has 25 heavy (non-hydrogen) atoms. The van der Waals surface area contributed by atoms with Crippen LogP contribution in [0.25, 0.3) is 5.69 Å². The molecule has 1 aromatic heterocycles. The van der Waals surface area contributed by atoms with E-state index in [0.29, 0.717) is 11.4 Å². The van der Waals surface area contributed by atoms with E-state index in [4.69, 9.17) is 0 Å². The Morgan fingerprint density at radius 2 is 1.80 bits per heavy atom. The Balaban J connectivity index is 1.78. The highest BCUT2D eigenvalue weighted by Gasteiger charge is 2.30. The van der Waals surface area contributed by atoms with Gasteiger partial charge in [0.2, 0.25) is 0 Å². The third-order valence-electron chi connectivity index (χ3n) is 3.50. The average Bonchev–Trinajstić information content (AvgIpc) is 3.01. The summed E-state index contributed by atoms with van der Waals surface area (Å²) in [6, 6.07) is 10.5. The van der Waals surface area contributed by atoms with Gasteiger partial charge in [-0.3, -0.25) is 9.36 Å². The van der Waals surface area contributed by atoms with Crippen LogP contribution in [0.1, 0.15) is 15.9 Å². The van der Waals surface area contributed by atoms with Gasteiger partial charge in [-0.2, -0.15) is 13.2 Å². The Bertz CT molecular complexity index is 956. The van der Waals surface area contributed by atoms with Gasteiger partial charge >= 0.3 is 11.9 Å². The van der Waals surface area contributed by atoms with E-state index < -0.39 is 17.6 Å². The lowest BCUT2D eigenvalue weighted by atomic mass is 10.1. The lowest BCUT2D eigenvalue weighted by molar-refractivity contribution is -0.137. The molecule has 5 nitrogen and oxygen atoms in total. The van der Waals surface area contributed by atoms with Gasteiger partial charge in [-0.15, -0.1) is 0 Å².